The minimum atomic E-state index is -0.954. The van der Waals surface area contributed by atoms with Gasteiger partial charge in [-0.3, -0.25) is 9.59 Å². The molecule has 1 atom stereocenters. The van der Waals surface area contributed by atoms with Crippen LogP contribution in [0.1, 0.15) is 25.7 Å². The van der Waals surface area contributed by atoms with Crippen LogP contribution in [-0.4, -0.2) is 18.4 Å². The third-order valence-electron chi connectivity index (χ3n) is 2.76. The number of Topliss-reactive ketones (excluding diaryl/α,β-unsaturated/α-hetero) is 1. The molecule has 0 aromatic rings. The van der Waals surface area contributed by atoms with Crippen molar-refractivity contribution in [2.24, 2.45) is 5.41 Å². The summed E-state index contributed by atoms with van der Waals surface area (Å²) in [5.74, 6) is -0.443. The fraction of sp³-hybridized carbons (Fsp3) is 0.500. The lowest BCUT2D eigenvalue weighted by atomic mass is 9.82. The Bertz CT molecular complexity index is 293. The van der Waals surface area contributed by atoms with Crippen molar-refractivity contribution in [3.8, 4) is 0 Å². The molecule has 3 nitrogen and oxygen atoms in total. The van der Waals surface area contributed by atoms with Gasteiger partial charge in [0.1, 0.15) is 12.0 Å². The first-order valence-electron chi connectivity index (χ1n) is 5.09. The van der Waals surface area contributed by atoms with Gasteiger partial charge in [0.2, 0.25) is 0 Å². The predicted octanol–water partition coefficient (Wildman–Crippen LogP) is 2.03. The lowest BCUT2D eigenvalue weighted by Crippen LogP contribution is -2.36. The molecule has 1 aliphatic carbocycles. The molecule has 0 bridgehead atoms. The molecule has 1 saturated carbocycles. The van der Waals surface area contributed by atoms with Crippen molar-refractivity contribution in [1.82, 2.24) is 0 Å². The monoisotopic (exact) mass is 208 g/mol. The summed E-state index contributed by atoms with van der Waals surface area (Å²) in [6, 6.07) is 0. The molecule has 1 unspecified atom stereocenters. The number of hydrogen-bond donors (Lipinski definition) is 0. The first-order chi connectivity index (χ1) is 7.17. The molecule has 0 aromatic heterocycles. The maximum Gasteiger partial charge on any atom is 0.320 e. The highest BCUT2D eigenvalue weighted by molar-refractivity contribution is 6.05. The predicted molar refractivity (Wildman–Crippen MR) is 57.3 cm³/mol. The third kappa shape index (κ3) is 2.17. The van der Waals surface area contributed by atoms with E-state index in [0.717, 1.165) is 6.42 Å². The molecule has 0 aliphatic heterocycles. The Morgan fingerprint density at radius 3 is 2.67 bits per heavy atom. The van der Waals surface area contributed by atoms with E-state index in [1.165, 1.54) is 6.08 Å². The summed E-state index contributed by atoms with van der Waals surface area (Å²) in [6.07, 6.45) is 5.29. The largest absolute Gasteiger partial charge is 0.461 e. The maximum absolute atomic E-state index is 11.8. The van der Waals surface area contributed by atoms with E-state index in [9.17, 15) is 9.59 Å². The number of carbonyl (C=O) groups is 2. The maximum atomic E-state index is 11.8. The van der Waals surface area contributed by atoms with Gasteiger partial charge in [0, 0.05) is 6.42 Å². The van der Waals surface area contributed by atoms with Crippen LogP contribution in [0, 0.1) is 5.41 Å². The first kappa shape index (κ1) is 11.7. The smallest absolute Gasteiger partial charge is 0.320 e. The zero-order chi connectivity index (χ0) is 11.3. The fourth-order valence-electron chi connectivity index (χ4n) is 1.96. The Balaban J connectivity index is 2.80. The summed E-state index contributed by atoms with van der Waals surface area (Å²) < 4.78 is 4.98. The molecule has 3 heteroatoms. The average molecular weight is 208 g/mol. The molecule has 1 fully saturated rings. The zero-order valence-electron chi connectivity index (χ0n) is 8.83. The van der Waals surface area contributed by atoms with Crippen LogP contribution in [0.2, 0.25) is 0 Å². The molecular formula is C12H16O3. The minimum Gasteiger partial charge on any atom is -0.461 e. The number of allylic oxidation sites excluding steroid dienone is 1. The summed E-state index contributed by atoms with van der Waals surface area (Å²) in [5, 5.41) is 0. The van der Waals surface area contributed by atoms with Gasteiger partial charge in [0.05, 0.1) is 0 Å². The molecule has 0 saturated heterocycles. The second-order valence-electron chi connectivity index (χ2n) is 3.74. The summed E-state index contributed by atoms with van der Waals surface area (Å²) in [6.45, 7) is 7.21. The molecule has 1 aliphatic rings. The molecule has 82 valence electrons. The van der Waals surface area contributed by atoms with E-state index in [-0.39, 0.29) is 12.4 Å². The number of hydrogen-bond acceptors (Lipinski definition) is 3. The molecular weight excluding hydrogens is 192 g/mol. The van der Waals surface area contributed by atoms with Crippen LogP contribution in [0.25, 0.3) is 0 Å². The lowest BCUT2D eigenvalue weighted by molar-refractivity contribution is -0.157. The molecule has 0 radical (unpaired) electrons. The Labute approximate surface area is 89.8 Å². The summed E-state index contributed by atoms with van der Waals surface area (Å²) in [7, 11) is 0. The SMILES string of the molecule is C=CCOC(=O)C1(CC=C)CCCC1=O. The van der Waals surface area contributed by atoms with Crippen LogP contribution in [0.3, 0.4) is 0 Å². The molecule has 0 N–H and O–H groups in total. The van der Waals surface area contributed by atoms with Crippen molar-refractivity contribution in [2.45, 2.75) is 25.7 Å². The lowest BCUT2D eigenvalue weighted by Gasteiger charge is -2.23. The molecule has 0 amide bonds. The first-order valence-corrected chi connectivity index (χ1v) is 5.09. The average Bonchev–Trinajstić information content (AvgIpc) is 2.58. The zero-order valence-corrected chi connectivity index (χ0v) is 8.83. The Morgan fingerprint density at radius 2 is 2.20 bits per heavy atom. The van der Waals surface area contributed by atoms with Gasteiger partial charge in [-0.2, -0.15) is 0 Å². The van der Waals surface area contributed by atoms with E-state index in [0.29, 0.717) is 19.3 Å². The highest BCUT2D eigenvalue weighted by atomic mass is 16.5. The Morgan fingerprint density at radius 1 is 1.47 bits per heavy atom. The van der Waals surface area contributed by atoms with Gasteiger partial charge in [-0.05, 0) is 19.3 Å². The van der Waals surface area contributed by atoms with Gasteiger partial charge < -0.3 is 4.74 Å². The summed E-state index contributed by atoms with van der Waals surface area (Å²) in [5.41, 5.74) is -0.954. The number of ether oxygens (including phenoxy) is 1. The van der Waals surface area contributed by atoms with E-state index < -0.39 is 11.4 Å². The van der Waals surface area contributed by atoms with Crippen molar-refractivity contribution in [2.75, 3.05) is 6.61 Å². The number of carbonyl (C=O) groups excluding carboxylic acids is 2. The van der Waals surface area contributed by atoms with E-state index in [2.05, 4.69) is 13.2 Å². The normalized spacial score (nSPS) is 24.9. The molecule has 1 rings (SSSR count). The van der Waals surface area contributed by atoms with Crippen molar-refractivity contribution >= 4 is 11.8 Å². The van der Waals surface area contributed by atoms with E-state index in [1.807, 2.05) is 0 Å². The van der Waals surface area contributed by atoms with Crippen LogP contribution < -0.4 is 0 Å². The van der Waals surface area contributed by atoms with E-state index in [1.54, 1.807) is 6.08 Å². The number of ketones is 1. The molecule has 0 aromatic carbocycles. The van der Waals surface area contributed by atoms with Crippen LogP contribution in [0.15, 0.2) is 25.3 Å². The molecule has 0 heterocycles. The van der Waals surface area contributed by atoms with Crippen molar-refractivity contribution < 1.29 is 14.3 Å². The van der Waals surface area contributed by atoms with Crippen molar-refractivity contribution in [1.29, 1.82) is 0 Å². The summed E-state index contributed by atoms with van der Waals surface area (Å²) >= 11 is 0. The van der Waals surface area contributed by atoms with Gasteiger partial charge in [0.25, 0.3) is 0 Å². The van der Waals surface area contributed by atoms with E-state index in [4.69, 9.17) is 4.74 Å². The summed E-state index contributed by atoms with van der Waals surface area (Å²) in [4.78, 5) is 23.5. The van der Waals surface area contributed by atoms with Crippen molar-refractivity contribution in [3.63, 3.8) is 0 Å². The van der Waals surface area contributed by atoms with Crippen LogP contribution >= 0.6 is 0 Å². The van der Waals surface area contributed by atoms with Gasteiger partial charge >= 0.3 is 5.97 Å². The van der Waals surface area contributed by atoms with Gasteiger partial charge in [-0.1, -0.05) is 18.7 Å². The van der Waals surface area contributed by atoms with E-state index >= 15 is 0 Å². The van der Waals surface area contributed by atoms with Gasteiger partial charge in [0.15, 0.2) is 5.78 Å². The minimum absolute atomic E-state index is 0.0172. The van der Waals surface area contributed by atoms with Crippen molar-refractivity contribution in [3.05, 3.63) is 25.3 Å². The fourth-order valence-corrected chi connectivity index (χ4v) is 1.96. The number of rotatable bonds is 5. The topological polar surface area (TPSA) is 43.4 Å². The van der Waals surface area contributed by atoms with Crippen LogP contribution in [0.4, 0.5) is 0 Å². The van der Waals surface area contributed by atoms with Gasteiger partial charge in [-0.25, -0.2) is 0 Å². The second kappa shape index (κ2) is 4.91. The third-order valence-corrected chi connectivity index (χ3v) is 2.76. The quantitative estimate of drug-likeness (QED) is 0.394. The Hall–Kier alpha value is -1.38. The Kier molecular flexibility index (Phi) is 3.83. The van der Waals surface area contributed by atoms with Gasteiger partial charge in [-0.15, -0.1) is 6.58 Å². The standard InChI is InChI=1S/C12H16O3/c1-3-7-12(8-5-6-10(12)13)11(14)15-9-4-2/h3-4H,1-2,5-9H2. The van der Waals surface area contributed by atoms with Crippen LogP contribution in [-0.2, 0) is 14.3 Å². The highest BCUT2D eigenvalue weighted by Crippen LogP contribution is 2.39. The molecule has 0 spiro atoms. The highest BCUT2D eigenvalue weighted by Gasteiger charge is 2.48. The number of esters is 1. The van der Waals surface area contributed by atoms with Crippen LogP contribution in [0.5, 0.6) is 0 Å². The molecule has 15 heavy (non-hydrogen) atoms. The second-order valence-corrected chi connectivity index (χ2v) is 3.74.